The van der Waals surface area contributed by atoms with Gasteiger partial charge in [-0.25, -0.2) is 4.98 Å². The fourth-order valence-electron chi connectivity index (χ4n) is 1.14. The van der Waals surface area contributed by atoms with Gasteiger partial charge in [0, 0.05) is 11.3 Å². The van der Waals surface area contributed by atoms with Crippen LogP contribution >= 0.6 is 11.8 Å². The molecule has 0 spiro atoms. The Balaban J connectivity index is 2.66. The monoisotopic (exact) mass is 224 g/mol. The molecule has 0 saturated heterocycles. The first-order valence-electron chi connectivity index (χ1n) is 5.41. The third kappa shape index (κ3) is 5.07. The molecule has 0 aliphatic heterocycles. The van der Waals surface area contributed by atoms with Crippen LogP contribution in [0.1, 0.15) is 34.1 Å². The molecule has 1 aromatic rings. The first-order valence-corrected chi connectivity index (χ1v) is 6.23. The van der Waals surface area contributed by atoms with Gasteiger partial charge in [0.2, 0.25) is 0 Å². The van der Waals surface area contributed by atoms with Gasteiger partial charge in [0.05, 0.1) is 5.03 Å². The molecule has 15 heavy (non-hydrogen) atoms. The van der Waals surface area contributed by atoms with Crippen LogP contribution in [0, 0.1) is 0 Å². The van der Waals surface area contributed by atoms with Crippen LogP contribution in [0.4, 0.5) is 5.82 Å². The van der Waals surface area contributed by atoms with Gasteiger partial charge in [-0.2, -0.15) is 0 Å². The Morgan fingerprint density at radius 1 is 1.33 bits per heavy atom. The second kappa shape index (κ2) is 5.40. The number of hydrogen-bond acceptors (Lipinski definition) is 3. The Labute approximate surface area is 96.9 Å². The maximum Gasteiger partial charge on any atom is 0.127 e. The van der Waals surface area contributed by atoms with Crippen molar-refractivity contribution in [3.8, 4) is 0 Å². The van der Waals surface area contributed by atoms with Gasteiger partial charge in [0.1, 0.15) is 5.82 Å². The van der Waals surface area contributed by atoms with Gasteiger partial charge in [0.15, 0.2) is 0 Å². The zero-order chi connectivity index (χ0) is 11.3. The molecule has 1 rings (SSSR count). The summed E-state index contributed by atoms with van der Waals surface area (Å²) in [5.74, 6) is 0.978. The molecule has 0 aliphatic carbocycles. The molecule has 84 valence electrons. The summed E-state index contributed by atoms with van der Waals surface area (Å²) >= 11 is 1.80. The summed E-state index contributed by atoms with van der Waals surface area (Å²) in [5.41, 5.74) is 0. The van der Waals surface area contributed by atoms with Gasteiger partial charge in [-0.1, -0.05) is 33.8 Å². The smallest absolute Gasteiger partial charge is 0.127 e. The molecule has 0 radical (unpaired) electrons. The largest absolute Gasteiger partial charge is 0.370 e. The highest BCUT2D eigenvalue weighted by Gasteiger charge is 2.12. The summed E-state index contributed by atoms with van der Waals surface area (Å²) in [4.78, 5) is 4.55. The van der Waals surface area contributed by atoms with Crippen molar-refractivity contribution in [3.05, 3.63) is 18.2 Å². The van der Waals surface area contributed by atoms with Gasteiger partial charge in [-0.15, -0.1) is 11.8 Å². The Morgan fingerprint density at radius 2 is 2.07 bits per heavy atom. The average molecular weight is 224 g/mol. The lowest BCUT2D eigenvalue weighted by Gasteiger charge is -2.17. The SMILES string of the molecule is CCCNc1cccc(SC(C)(C)C)n1. The van der Waals surface area contributed by atoms with Crippen molar-refractivity contribution in [3.63, 3.8) is 0 Å². The molecule has 0 bridgehead atoms. The lowest BCUT2D eigenvalue weighted by molar-refractivity contribution is 0.799. The highest BCUT2D eigenvalue weighted by molar-refractivity contribution is 8.00. The molecule has 1 N–H and O–H groups in total. The molecular formula is C12H20N2S. The van der Waals surface area contributed by atoms with E-state index in [-0.39, 0.29) is 4.75 Å². The molecular weight excluding hydrogens is 204 g/mol. The van der Waals surface area contributed by atoms with E-state index in [1.165, 1.54) is 0 Å². The first-order chi connectivity index (χ1) is 7.01. The fraction of sp³-hybridized carbons (Fsp3) is 0.583. The van der Waals surface area contributed by atoms with E-state index in [2.05, 4.69) is 50.1 Å². The van der Waals surface area contributed by atoms with Crippen LogP contribution in [0.15, 0.2) is 23.2 Å². The number of thioether (sulfide) groups is 1. The number of hydrogen-bond donors (Lipinski definition) is 1. The number of rotatable bonds is 4. The van der Waals surface area contributed by atoms with Crippen LogP contribution in [0.5, 0.6) is 0 Å². The third-order valence-corrected chi connectivity index (χ3v) is 2.74. The third-order valence-electron chi connectivity index (χ3n) is 1.69. The molecule has 0 atom stereocenters. The summed E-state index contributed by atoms with van der Waals surface area (Å²) in [6.07, 6.45) is 1.12. The molecule has 3 heteroatoms. The second-order valence-corrected chi connectivity index (χ2v) is 6.35. The Kier molecular flexibility index (Phi) is 4.45. The van der Waals surface area contributed by atoms with Crippen molar-refractivity contribution in [2.75, 3.05) is 11.9 Å². The van der Waals surface area contributed by atoms with Crippen molar-refractivity contribution < 1.29 is 0 Å². The quantitative estimate of drug-likeness (QED) is 0.788. The number of anilines is 1. The zero-order valence-corrected chi connectivity index (χ0v) is 10.8. The minimum atomic E-state index is 0.219. The van der Waals surface area contributed by atoms with Crippen molar-refractivity contribution >= 4 is 17.6 Å². The van der Waals surface area contributed by atoms with E-state index in [0.717, 1.165) is 23.8 Å². The van der Waals surface area contributed by atoms with Crippen molar-refractivity contribution in [2.45, 2.75) is 43.9 Å². The summed E-state index contributed by atoms with van der Waals surface area (Å²) in [6, 6.07) is 6.13. The van der Waals surface area contributed by atoms with Crippen LogP contribution < -0.4 is 5.32 Å². The van der Waals surface area contributed by atoms with E-state index in [1.807, 2.05) is 6.07 Å². The van der Waals surface area contributed by atoms with E-state index in [0.29, 0.717) is 0 Å². The average Bonchev–Trinajstić information content (AvgIpc) is 2.12. The van der Waals surface area contributed by atoms with Crippen molar-refractivity contribution in [1.29, 1.82) is 0 Å². The zero-order valence-electron chi connectivity index (χ0n) is 10.0. The minimum Gasteiger partial charge on any atom is -0.370 e. The number of nitrogens with one attached hydrogen (secondary N) is 1. The summed E-state index contributed by atoms with van der Waals surface area (Å²) in [7, 11) is 0. The van der Waals surface area contributed by atoms with Gasteiger partial charge in [0.25, 0.3) is 0 Å². The van der Waals surface area contributed by atoms with Crippen molar-refractivity contribution in [1.82, 2.24) is 4.98 Å². The highest BCUT2D eigenvalue weighted by atomic mass is 32.2. The second-order valence-electron chi connectivity index (χ2n) is 4.50. The van der Waals surface area contributed by atoms with E-state index in [4.69, 9.17) is 0 Å². The minimum absolute atomic E-state index is 0.219. The predicted molar refractivity (Wildman–Crippen MR) is 68.6 cm³/mol. The van der Waals surface area contributed by atoms with Crippen LogP contribution in [-0.2, 0) is 0 Å². The molecule has 1 heterocycles. The molecule has 2 nitrogen and oxygen atoms in total. The summed E-state index contributed by atoms with van der Waals surface area (Å²) in [5, 5.41) is 4.38. The van der Waals surface area contributed by atoms with E-state index in [1.54, 1.807) is 11.8 Å². The standard InChI is InChI=1S/C12H20N2S/c1-5-9-13-10-7-6-8-11(14-10)15-12(2,3)4/h6-8H,5,9H2,1-4H3,(H,13,14). The van der Waals surface area contributed by atoms with E-state index in [9.17, 15) is 0 Å². The molecule has 1 aromatic heterocycles. The van der Waals surface area contributed by atoms with E-state index >= 15 is 0 Å². The molecule has 0 unspecified atom stereocenters. The van der Waals surface area contributed by atoms with Crippen molar-refractivity contribution in [2.24, 2.45) is 0 Å². The Bertz CT molecular complexity index is 305. The van der Waals surface area contributed by atoms with Gasteiger partial charge in [-0.3, -0.25) is 0 Å². The van der Waals surface area contributed by atoms with Crippen LogP contribution in [0.25, 0.3) is 0 Å². The van der Waals surface area contributed by atoms with Gasteiger partial charge in [-0.05, 0) is 18.6 Å². The predicted octanol–water partition coefficient (Wildman–Crippen LogP) is 3.79. The van der Waals surface area contributed by atoms with Gasteiger partial charge >= 0.3 is 0 Å². The highest BCUT2D eigenvalue weighted by Crippen LogP contribution is 2.30. The molecule has 0 fully saturated rings. The normalized spacial score (nSPS) is 11.5. The Morgan fingerprint density at radius 3 is 2.67 bits per heavy atom. The van der Waals surface area contributed by atoms with Gasteiger partial charge < -0.3 is 5.32 Å². The lowest BCUT2D eigenvalue weighted by atomic mass is 10.3. The molecule has 0 aromatic carbocycles. The van der Waals surface area contributed by atoms with Crippen LogP contribution in [-0.4, -0.2) is 16.3 Å². The number of pyridine rings is 1. The fourth-order valence-corrected chi connectivity index (χ4v) is 2.05. The first kappa shape index (κ1) is 12.4. The Hall–Kier alpha value is -0.700. The summed E-state index contributed by atoms with van der Waals surface area (Å²) < 4.78 is 0.219. The molecule has 0 aliphatic rings. The lowest BCUT2D eigenvalue weighted by Crippen LogP contribution is -2.08. The maximum absolute atomic E-state index is 4.55. The topological polar surface area (TPSA) is 24.9 Å². The summed E-state index contributed by atoms with van der Waals surface area (Å²) in [6.45, 7) is 9.74. The van der Waals surface area contributed by atoms with Crippen LogP contribution in [0.3, 0.4) is 0 Å². The molecule has 0 saturated carbocycles. The van der Waals surface area contributed by atoms with Crippen LogP contribution in [0.2, 0.25) is 0 Å². The number of aromatic nitrogens is 1. The number of nitrogens with zero attached hydrogens (tertiary/aromatic N) is 1. The van der Waals surface area contributed by atoms with E-state index < -0.39 is 0 Å². The molecule has 0 amide bonds. The maximum atomic E-state index is 4.55.